The minimum absolute atomic E-state index is 0.0225. The van der Waals surface area contributed by atoms with Gasteiger partial charge in [0, 0.05) is 5.56 Å². The van der Waals surface area contributed by atoms with Crippen molar-refractivity contribution < 1.29 is 23.7 Å². The lowest BCUT2D eigenvalue weighted by molar-refractivity contribution is 0.0990. The summed E-state index contributed by atoms with van der Waals surface area (Å²) >= 11 is 0. The van der Waals surface area contributed by atoms with Gasteiger partial charge in [0.15, 0.2) is 28.8 Å². The van der Waals surface area contributed by atoms with Crippen molar-refractivity contribution >= 4 is 5.78 Å². The predicted molar refractivity (Wildman–Crippen MR) is 97.9 cm³/mol. The second kappa shape index (κ2) is 8.58. The highest BCUT2D eigenvalue weighted by molar-refractivity contribution is 5.98. The van der Waals surface area contributed by atoms with E-state index in [1.54, 1.807) is 32.4 Å². The van der Waals surface area contributed by atoms with Crippen molar-refractivity contribution in [3.63, 3.8) is 0 Å². The lowest BCUT2D eigenvalue weighted by atomic mass is 10.1. The summed E-state index contributed by atoms with van der Waals surface area (Å²) < 4.78 is 21.5. The topological polar surface area (TPSA) is 66.0 Å². The van der Waals surface area contributed by atoms with Gasteiger partial charge in [-0.15, -0.1) is 0 Å². The van der Waals surface area contributed by atoms with Crippen LogP contribution in [0.3, 0.4) is 0 Å². The lowest BCUT2D eigenvalue weighted by Gasteiger charge is -2.18. The normalized spacial score (nSPS) is 12.5. The van der Waals surface area contributed by atoms with E-state index in [0.29, 0.717) is 48.3 Å². The Morgan fingerprint density at radius 1 is 1.00 bits per heavy atom. The fourth-order valence-corrected chi connectivity index (χ4v) is 2.79. The predicted octanol–water partition coefficient (Wildman–Crippen LogP) is 2.49. The molecule has 138 valence electrons. The molecule has 2 aromatic carbocycles. The molecule has 0 bridgehead atoms. The molecule has 0 aromatic heterocycles. The summed E-state index contributed by atoms with van der Waals surface area (Å²) in [4.78, 5) is 12.3. The largest absolute Gasteiger partial charge is 0.493 e. The number of ketones is 1. The van der Waals surface area contributed by atoms with Crippen LogP contribution in [-0.2, 0) is 6.42 Å². The van der Waals surface area contributed by atoms with E-state index in [-0.39, 0.29) is 12.3 Å². The van der Waals surface area contributed by atoms with Crippen molar-refractivity contribution in [2.45, 2.75) is 6.42 Å². The van der Waals surface area contributed by atoms with E-state index >= 15 is 0 Å². The summed E-state index contributed by atoms with van der Waals surface area (Å²) in [7, 11) is 3.23. The third-order valence-electron chi connectivity index (χ3n) is 4.19. The van der Waals surface area contributed by atoms with Crippen LogP contribution in [0.2, 0.25) is 0 Å². The molecule has 0 aliphatic carbocycles. The van der Waals surface area contributed by atoms with Crippen LogP contribution in [0.15, 0.2) is 36.4 Å². The molecule has 0 spiro atoms. The van der Waals surface area contributed by atoms with Crippen LogP contribution in [-0.4, -0.2) is 46.3 Å². The first-order valence-corrected chi connectivity index (χ1v) is 8.55. The van der Waals surface area contributed by atoms with Crippen LogP contribution in [0, 0.1) is 0 Å². The van der Waals surface area contributed by atoms with E-state index in [1.807, 2.05) is 18.2 Å². The van der Waals surface area contributed by atoms with Crippen molar-refractivity contribution in [2.75, 3.05) is 40.5 Å². The number of benzene rings is 2. The number of hydrogen-bond donors (Lipinski definition) is 1. The highest BCUT2D eigenvalue weighted by Crippen LogP contribution is 2.31. The van der Waals surface area contributed by atoms with Crippen LogP contribution >= 0.6 is 0 Å². The number of nitrogens with one attached hydrogen (secondary N) is 1. The van der Waals surface area contributed by atoms with Crippen LogP contribution in [0.4, 0.5) is 0 Å². The van der Waals surface area contributed by atoms with Gasteiger partial charge in [-0.1, -0.05) is 6.07 Å². The van der Waals surface area contributed by atoms with Gasteiger partial charge in [-0.2, -0.15) is 0 Å². The number of rotatable bonds is 8. The number of hydrogen-bond acceptors (Lipinski definition) is 6. The maximum atomic E-state index is 12.3. The van der Waals surface area contributed by atoms with E-state index in [2.05, 4.69) is 5.32 Å². The maximum absolute atomic E-state index is 12.3. The SMILES string of the molecule is COc1ccc(CCNCC(=O)c2ccc3c(c2)OCCO3)cc1OC. The molecule has 1 aliphatic heterocycles. The number of methoxy groups -OCH3 is 2. The Kier molecular flexibility index (Phi) is 5.96. The first-order valence-electron chi connectivity index (χ1n) is 8.55. The second-order valence-corrected chi connectivity index (χ2v) is 5.90. The van der Waals surface area contributed by atoms with Gasteiger partial charge in [-0.3, -0.25) is 4.79 Å². The molecule has 0 atom stereocenters. The van der Waals surface area contributed by atoms with Gasteiger partial charge < -0.3 is 24.3 Å². The quantitative estimate of drug-likeness (QED) is 0.578. The Bertz CT molecular complexity index is 775. The summed E-state index contributed by atoms with van der Waals surface area (Å²) in [5.41, 5.74) is 1.73. The minimum Gasteiger partial charge on any atom is -0.493 e. The molecule has 6 heteroatoms. The molecule has 3 rings (SSSR count). The molecule has 26 heavy (non-hydrogen) atoms. The first-order chi connectivity index (χ1) is 12.7. The van der Waals surface area contributed by atoms with Crippen molar-refractivity contribution in [2.24, 2.45) is 0 Å². The number of ether oxygens (including phenoxy) is 4. The Morgan fingerprint density at radius 2 is 1.77 bits per heavy atom. The molecule has 0 fully saturated rings. The van der Waals surface area contributed by atoms with E-state index in [4.69, 9.17) is 18.9 Å². The van der Waals surface area contributed by atoms with E-state index in [1.165, 1.54) is 0 Å². The lowest BCUT2D eigenvalue weighted by Crippen LogP contribution is -2.25. The van der Waals surface area contributed by atoms with Gasteiger partial charge in [0.2, 0.25) is 0 Å². The summed E-state index contributed by atoms with van der Waals surface area (Å²) in [6.07, 6.45) is 0.786. The van der Waals surface area contributed by atoms with Gasteiger partial charge in [0.25, 0.3) is 0 Å². The fraction of sp³-hybridized carbons (Fsp3) is 0.350. The molecule has 0 amide bonds. The smallest absolute Gasteiger partial charge is 0.176 e. The van der Waals surface area contributed by atoms with Crippen LogP contribution in [0.5, 0.6) is 23.0 Å². The third kappa shape index (κ3) is 4.26. The fourth-order valence-electron chi connectivity index (χ4n) is 2.79. The molecular weight excluding hydrogens is 334 g/mol. The van der Waals surface area contributed by atoms with E-state index in [0.717, 1.165) is 12.0 Å². The highest BCUT2D eigenvalue weighted by Gasteiger charge is 2.14. The van der Waals surface area contributed by atoms with Crippen molar-refractivity contribution in [3.05, 3.63) is 47.5 Å². The number of Topliss-reactive ketones (excluding diaryl/α,β-unsaturated/α-hetero) is 1. The number of carbonyl (C=O) groups excluding carboxylic acids is 1. The average Bonchev–Trinajstić information content (AvgIpc) is 2.70. The zero-order valence-corrected chi connectivity index (χ0v) is 15.0. The molecule has 6 nitrogen and oxygen atoms in total. The van der Waals surface area contributed by atoms with Gasteiger partial charge in [-0.05, 0) is 48.9 Å². The molecular formula is C20H23NO5. The molecule has 0 saturated heterocycles. The first kappa shape index (κ1) is 18.1. The monoisotopic (exact) mass is 357 g/mol. The standard InChI is InChI=1S/C20H23NO5/c1-23-17-5-3-14(11-19(17)24-2)7-8-21-13-16(22)15-4-6-18-20(12-15)26-10-9-25-18/h3-6,11-12,21H,7-10,13H2,1-2H3. The summed E-state index contributed by atoms with van der Waals surface area (Å²) in [5, 5.41) is 3.18. The Balaban J connectivity index is 1.50. The zero-order valence-electron chi connectivity index (χ0n) is 15.0. The highest BCUT2D eigenvalue weighted by atomic mass is 16.6. The summed E-state index contributed by atoms with van der Waals surface area (Å²) in [6.45, 7) is 2.00. The van der Waals surface area contributed by atoms with Crippen molar-refractivity contribution in [3.8, 4) is 23.0 Å². The molecule has 1 aliphatic rings. The van der Waals surface area contributed by atoms with Crippen LogP contribution < -0.4 is 24.3 Å². The third-order valence-corrected chi connectivity index (χ3v) is 4.19. The van der Waals surface area contributed by atoms with Crippen LogP contribution in [0.25, 0.3) is 0 Å². The maximum Gasteiger partial charge on any atom is 0.176 e. The van der Waals surface area contributed by atoms with Gasteiger partial charge in [0.1, 0.15) is 13.2 Å². The summed E-state index contributed by atoms with van der Waals surface area (Å²) in [5.74, 6) is 2.76. The van der Waals surface area contributed by atoms with E-state index in [9.17, 15) is 4.79 Å². The molecule has 0 unspecified atom stereocenters. The Morgan fingerprint density at radius 3 is 2.54 bits per heavy atom. The number of fused-ring (bicyclic) bond motifs is 1. The molecule has 1 heterocycles. The zero-order chi connectivity index (χ0) is 18.4. The molecule has 0 radical (unpaired) electrons. The Labute approximate surface area is 153 Å². The van der Waals surface area contributed by atoms with Gasteiger partial charge >= 0.3 is 0 Å². The molecule has 2 aromatic rings. The molecule has 1 N–H and O–H groups in total. The van der Waals surface area contributed by atoms with Gasteiger partial charge in [0.05, 0.1) is 20.8 Å². The van der Waals surface area contributed by atoms with Gasteiger partial charge in [-0.25, -0.2) is 0 Å². The minimum atomic E-state index is 0.0225. The average molecular weight is 357 g/mol. The van der Waals surface area contributed by atoms with Crippen molar-refractivity contribution in [1.29, 1.82) is 0 Å². The Hall–Kier alpha value is -2.73. The second-order valence-electron chi connectivity index (χ2n) is 5.90. The van der Waals surface area contributed by atoms with E-state index < -0.39 is 0 Å². The summed E-state index contributed by atoms with van der Waals surface area (Å²) in [6, 6.07) is 11.1. The number of carbonyl (C=O) groups is 1. The van der Waals surface area contributed by atoms with Crippen molar-refractivity contribution in [1.82, 2.24) is 5.32 Å². The molecule has 0 saturated carbocycles. The van der Waals surface area contributed by atoms with Crippen LogP contribution in [0.1, 0.15) is 15.9 Å².